The second kappa shape index (κ2) is 5.33. The summed E-state index contributed by atoms with van der Waals surface area (Å²) in [6.07, 6.45) is 0. The Balaban J connectivity index is 1.71. The molecule has 0 fully saturated rings. The number of H-pyrrole nitrogens is 1. The molecule has 106 valence electrons. The first-order valence-electron chi connectivity index (χ1n) is 7.03. The number of nitrogens with one attached hydrogen (secondary N) is 1. The van der Waals surface area contributed by atoms with Crippen LogP contribution < -0.4 is 4.74 Å². The van der Waals surface area contributed by atoms with Crippen LogP contribution >= 0.6 is 0 Å². The van der Waals surface area contributed by atoms with Crippen LogP contribution in [0.25, 0.3) is 22.3 Å². The molecular weight excluding hydrogens is 274 g/mol. The van der Waals surface area contributed by atoms with Gasteiger partial charge in [-0.2, -0.15) is 10.1 Å². The van der Waals surface area contributed by atoms with Crippen molar-refractivity contribution in [1.29, 1.82) is 0 Å². The number of aromatic amines is 1. The highest BCUT2D eigenvalue weighted by Gasteiger charge is 2.10. The van der Waals surface area contributed by atoms with Gasteiger partial charge < -0.3 is 4.74 Å². The lowest BCUT2D eigenvalue weighted by molar-refractivity contribution is 0.465. The first-order chi connectivity index (χ1) is 10.9. The Bertz CT molecular complexity index is 901. The lowest BCUT2D eigenvalue weighted by Crippen LogP contribution is -1.87. The number of nitrogens with zero attached hydrogens (tertiary/aromatic N) is 2. The Morgan fingerprint density at radius 3 is 2.27 bits per heavy atom. The van der Waals surface area contributed by atoms with Crippen molar-refractivity contribution in [3.63, 3.8) is 0 Å². The van der Waals surface area contributed by atoms with Gasteiger partial charge in [0.2, 0.25) is 5.88 Å². The molecule has 0 aliphatic carbocycles. The number of rotatable bonds is 3. The number of hydrogen-bond acceptors (Lipinski definition) is 3. The van der Waals surface area contributed by atoms with E-state index in [1.165, 1.54) is 0 Å². The summed E-state index contributed by atoms with van der Waals surface area (Å²) >= 11 is 0. The average Bonchev–Trinajstić information content (AvgIpc) is 3.00. The Kier molecular flexibility index (Phi) is 3.05. The van der Waals surface area contributed by atoms with Gasteiger partial charge in [0.15, 0.2) is 5.65 Å². The summed E-state index contributed by atoms with van der Waals surface area (Å²) in [6.45, 7) is 0. The molecule has 4 heteroatoms. The standard InChI is InChI=1S/C18H13N3O/c1-3-7-13(8-4-1)17-15-11-12-16(19-18(15)21-20-17)22-14-9-5-2-6-10-14/h1-12H,(H,19,20,21). The van der Waals surface area contributed by atoms with Gasteiger partial charge in [-0.05, 0) is 18.2 Å². The maximum atomic E-state index is 5.74. The molecule has 0 spiro atoms. The molecule has 0 atom stereocenters. The zero-order chi connectivity index (χ0) is 14.8. The molecular formula is C18H13N3O. The van der Waals surface area contributed by atoms with E-state index in [1.54, 1.807) is 0 Å². The summed E-state index contributed by atoms with van der Waals surface area (Å²) in [4.78, 5) is 4.48. The molecule has 0 saturated carbocycles. The molecule has 0 bridgehead atoms. The van der Waals surface area contributed by atoms with Crippen LogP contribution in [0.5, 0.6) is 11.6 Å². The van der Waals surface area contributed by atoms with Gasteiger partial charge in [0.05, 0.1) is 0 Å². The monoisotopic (exact) mass is 287 g/mol. The first kappa shape index (κ1) is 12.6. The minimum Gasteiger partial charge on any atom is -0.439 e. The van der Waals surface area contributed by atoms with Crippen molar-refractivity contribution in [1.82, 2.24) is 15.2 Å². The maximum absolute atomic E-state index is 5.74. The quantitative estimate of drug-likeness (QED) is 0.607. The van der Waals surface area contributed by atoms with Crippen molar-refractivity contribution >= 4 is 11.0 Å². The molecule has 0 saturated heterocycles. The summed E-state index contributed by atoms with van der Waals surface area (Å²) in [6, 6.07) is 23.5. The molecule has 0 aliphatic rings. The van der Waals surface area contributed by atoms with Crippen molar-refractivity contribution in [3.8, 4) is 22.9 Å². The maximum Gasteiger partial charge on any atom is 0.221 e. The van der Waals surface area contributed by atoms with Gasteiger partial charge >= 0.3 is 0 Å². The third-order valence-corrected chi connectivity index (χ3v) is 3.41. The van der Waals surface area contributed by atoms with E-state index in [0.717, 1.165) is 22.4 Å². The van der Waals surface area contributed by atoms with E-state index in [9.17, 15) is 0 Å². The van der Waals surface area contributed by atoms with Gasteiger partial charge in [0, 0.05) is 17.0 Å². The minimum absolute atomic E-state index is 0.543. The molecule has 1 N–H and O–H groups in total. The van der Waals surface area contributed by atoms with Crippen LogP contribution in [0.15, 0.2) is 72.8 Å². The first-order valence-corrected chi connectivity index (χ1v) is 7.03. The predicted molar refractivity (Wildman–Crippen MR) is 85.8 cm³/mol. The second-order valence-electron chi connectivity index (χ2n) is 4.90. The summed E-state index contributed by atoms with van der Waals surface area (Å²) in [5, 5.41) is 8.32. The average molecular weight is 287 g/mol. The normalized spacial score (nSPS) is 10.7. The van der Waals surface area contributed by atoms with Gasteiger partial charge in [-0.1, -0.05) is 48.5 Å². The van der Waals surface area contributed by atoms with Gasteiger partial charge in [-0.3, -0.25) is 5.10 Å². The lowest BCUT2D eigenvalue weighted by Gasteiger charge is -2.04. The zero-order valence-electron chi connectivity index (χ0n) is 11.7. The van der Waals surface area contributed by atoms with Crippen LogP contribution in [0, 0.1) is 0 Å². The predicted octanol–water partition coefficient (Wildman–Crippen LogP) is 4.42. The number of fused-ring (bicyclic) bond motifs is 1. The molecule has 22 heavy (non-hydrogen) atoms. The fourth-order valence-electron chi connectivity index (χ4n) is 2.37. The Hall–Kier alpha value is -3.14. The summed E-state index contributed by atoms with van der Waals surface area (Å²) < 4.78 is 5.74. The van der Waals surface area contributed by atoms with Crippen molar-refractivity contribution in [2.24, 2.45) is 0 Å². The summed E-state index contributed by atoms with van der Waals surface area (Å²) in [7, 11) is 0. The molecule has 2 aromatic carbocycles. The van der Waals surface area contributed by atoms with Crippen molar-refractivity contribution in [2.45, 2.75) is 0 Å². The van der Waals surface area contributed by atoms with E-state index in [2.05, 4.69) is 15.2 Å². The smallest absolute Gasteiger partial charge is 0.221 e. The van der Waals surface area contributed by atoms with E-state index < -0.39 is 0 Å². The molecule has 2 aromatic heterocycles. The van der Waals surface area contributed by atoms with Crippen molar-refractivity contribution < 1.29 is 4.74 Å². The fraction of sp³-hybridized carbons (Fsp3) is 0. The van der Waals surface area contributed by atoms with Crippen LogP contribution in [0.3, 0.4) is 0 Å². The van der Waals surface area contributed by atoms with Crippen LogP contribution in [0.1, 0.15) is 0 Å². The summed E-state index contributed by atoms with van der Waals surface area (Å²) in [5.74, 6) is 1.30. The van der Waals surface area contributed by atoms with E-state index >= 15 is 0 Å². The molecule has 0 radical (unpaired) electrons. The number of pyridine rings is 1. The van der Waals surface area contributed by atoms with Gasteiger partial charge in [0.1, 0.15) is 11.4 Å². The van der Waals surface area contributed by atoms with E-state index in [4.69, 9.17) is 4.74 Å². The molecule has 4 aromatic rings. The Morgan fingerprint density at radius 2 is 1.50 bits per heavy atom. The third-order valence-electron chi connectivity index (χ3n) is 3.41. The van der Waals surface area contributed by atoms with Crippen LogP contribution in [-0.2, 0) is 0 Å². The SMILES string of the molecule is c1ccc(Oc2ccc3c(-c4ccccc4)n[nH]c3n2)cc1. The van der Waals surface area contributed by atoms with Crippen LogP contribution in [0.2, 0.25) is 0 Å². The van der Waals surface area contributed by atoms with Crippen molar-refractivity contribution in [2.75, 3.05) is 0 Å². The van der Waals surface area contributed by atoms with Crippen LogP contribution in [-0.4, -0.2) is 15.2 Å². The number of benzene rings is 2. The molecule has 0 unspecified atom stereocenters. The van der Waals surface area contributed by atoms with Gasteiger partial charge in [-0.25, -0.2) is 0 Å². The zero-order valence-corrected chi connectivity index (χ0v) is 11.7. The highest BCUT2D eigenvalue weighted by Crippen LogP contribution is 2.27. The van der Waals surface area contributed by atoms with Crippen LogP contribution in [0.4, 0.5) is 0 Å². The van der Waals surface area contributed by atoms with E-state index in [1.807, 2.05) is 72.8 Å². The number of hydrogen-bond donors (Lipinski definition) is 1. The van der Waals surface area contributed by atoms with Gasteiger partial charge in [-0.15, -0.1) is 0 Å². The molecule has 0 aliphatic heterocycles. The summed E-state index contributed by atoms with van der Waals surface area (Å²) in [5.41, 5.74) is 2.67. The lowest BCUT2D eigenvalue weighted by atomic mass is 10.1. The Labute approximate surface area is 127 Å². The third kappa shape index (κ3) is 2.31. The number of aromatic nitrogens is 3. The van der Waals surface area contributed by atoms with E-state index in [-0.39, 0.29) is 0 Å². The second-order valence-corrected chi connectivity index (χ2v) is 4.90. The Morgan fingerprint density at radius 1 is 0.773 bits per heavy atom. The van der Waals surface area contributed by atoms with Gasteiger partial charge in [0.25, 0.3) is 0 Å². The molecule has 4 rings (SSSR count). The highest BCUT2D eigenvalue weighted by molar-refractivity contribution is 5.90. The topological polar surface area (TPSA) is 50.8 Å². The largest absolute Gasteiger partial charge is 0.439 e. The fourth-order valence-corrected chi connectivity index (χ4v) is 2.37. The number of ether oxygens (including phenoxy) is 1. The van der Waals surface area contributed by atoms with E-state index in [0.29, 0.717) is 11.5 Å². The minimum atomic E-state index is 0.543. The number of para-hydroxylation sites is 1. The molecule has 0 amide bonds. The molecule has 2 heterocycles. The van der Waals surface area contributed by atoms with Crippen molar-refractivity contribution in [3.05, 3.63) is 72.8 Å². The molecule has 4 nitrogen and oxygen atoms in total. The highest BCUT2D eigenvalue weighted by atomic mass is 16.5.